The second-order valence-electron chi connectivity index (χ2n) is 5.92. The molecule has 0 fully saturated rings. The Bertz CT molecular complexity index is 671. The van der Waals surface area contributed by atoms with Crippen LogP contribution >= 0.6 is 9.39 Å². The van der Waals surface area contributed by atoms with Crippen LogP contribution in [0.3, 0.4) is 0 Å². The zero-order valence-electron chi connectivity index (χ0n) is 14.2. The highest BCUT2D eigenvalue weighted by atomic mass is 31.0. The van der Waals surface area contributed by atoms with E-state index in [4.69, 9.17) is 10.5 Å². The Labute approximate surface area is 146 Å². The van der Waals surface area contributed by atoms with E-state index in [-0.39, 0.29) is 12.0 Å². The van der Waals surface area contributed by atoms with Gasteiger partial charge < -0.3 is 10.5 Å². The third-order valence-corrected chi connectivity index (χ3v) is 4.51. The van der Waals surface area contributed by atoms with Crippen LogP contribution in [0.2, 0.25) is 0 Å². The van der Waals surface area contributed by atoms with Crippen LogP contribution in [0.4, 0.5) is 5.69 Å². The maximum Gasteiger partial charge on any atom is 0.323 e. The van der Waals surface area contributed by atoms with E-state index in [1.165, 1.54) is 18.2 Å². The molecule has 24 heavy (non-hydrogen) atoms. The Morgan fingerprint density at radius 2 is 1.75 bits per heavy atom. The van der Waals surface area contributed by atoms with Crippen LogP contribution < -0.4 is 5.73 Å². The number of nitrogens with two attached hydrogens (primary N) is 1. The van der Waals surface area contributed by atoms with E-state index in [0.717, 1.165) is 24.1 Å². The summed E-state index contributed by atoms with van der Waals surface area (Å²) < 4.78 is 6.67. The van der Waals surface area contributed by atoms with Gasteiger partial charge in [-0.1, -0.05) is 51.9 Å². The van der Waals surface area contributed by atoms with Crippen molar-refractivity contribution < 1.29 is 9.53 Å². The number of para-hydroxylation sites is 1. The SMILES string of the molecule is COC(=O)[C@H](Cc1ccc(CCc2ccccc2N)cc1)N(C)P. The standard InChI is InChI=1S/C19H25N2O2P/c1-21(24)18(19(22)23-2)13-15-9-7-14(8-10-15)11-12-16-5-3-4-6-17(16)20/h3-10,18H,11-13,20,24H2,1-2H3/t18-/m0/s1. The van der Waals surface area contributed by atoms with Crippen molar-refractivity contribution in [3.63, 3.8) is 0 Å². The Morgan fingerprint density at radius 1 is 1.12 bits per heavy atom. The normalized spacial score (nSPS) is 12.2. The van der Waals surface area contributed by atoms with Gasteiger partial charge in [-0.15, -0.1) is 0 Å². The van der Waals surface area contributed by atoms with Gasteiger partial charge in [0.1, 0.15) is 6.04 Å². The number of likely N-dealkylation sites (N-methyl/N-ethyl adjacent to an activating group) is 1. The highest BCUT2D eigenvalue weighted by Crippen LogP contribution is 2.16. The fourth-order valence-electron chi connectivity index (χ4n) is 2.64. The molecule has 0 saturated heterocycles. The first-order chi connectivity index (χ1) is 11.5. The molecule has 0 aromatic heterocycles. The maximum absolute atomic E-state index is 11.8. The first-order valence-corrected chi connectivity index (χ1v) is 8.49. The molecule has 4 nitrogen and oxygen atoms in total. The molecular formula is C19H25N2O2P. The molecule has 0 radical (unpaired) electrons. The van der Waals surface area contributed by atoms with Crippen LogP contribution in [0.1, 0.15) is 16.7 Å². The largest absolute Gasteiger partial charge is 0.468 e. The zero-order valence-corrected chi connectivity index (χ0v) is 15.4. The molecule has 5 heteroatoms. The van der Waals surface area contributed by atoms with Gasteiger partial charge in [0.05, 0.1) is 7.11 Å². The predicted octanol–water partition coefficient (Wildman–Crippen LogP) is 2.86. The van der Waals surface area contributed by atoms with Crippen LogP contribution in [0.25, 0.3) is 0 Å². The fourth-order valence-corrected chi connectivity index (χ4v) is 2.86. The minimum absolute atomic E-state index is 0.226. The van der Waals surface area contributed by atoms with Gasteiger partial charge in [-0.2, -0.15) is 0 Å². The average molecular weight is 344 g/mol. The fraction of sp³-hybridized carbons (Fsp3) is 0.316. The van der Waals surface area contributed by atoms with Gasteiger partial charge in [-0.25, -0.2) is 0 Å². The summed E-state index contributed by atoms with van der Waals surface area (Å²) in [7, 11) is 5.80. The molecule has 1 unspecified atom stereocenters. The lowest BCUT2D eigenvalue weighted by Crippen LogP contribution is -2.35. The number of ether oxygens (including phenoxy) is 1. The van der Waals surface area contributed by atoms with Crippen molar-refractivity contribution in [3.05, 3.63) is 65.2 Å². The minimum Gasteiger partial charge on any atom is -0.468 e. The molecule has 0 saturated carbocycles. The van der Waals surface area contributed by atoms with Gasteiger partial charge in [0, 0.05) is 5.69 Å². The molecule has 2 rings (SSSR count). The van der Waals surface area contributed by atoms with Crippen LogP contribution in [0.5, 0.6) is 0 Å². The summed E-state index contributed by atoms with van der Waals surface area (Å²) >= 11 is 0. The molecule has 0 aliphatic carbocycles. The predicted molar refractivity (Wildman–Crippen MR) is 102 cm³/mol. The number of nitrogens with zero attached hydrogens (tertiary/aromatic N) is 1. The lowest BCUT2D eigenvalue weighted by molar-refractivity contribution is -0.144. The second-order valence-corrected chi connectivity index (χ2v) is 6.74. The molecule has 0 amide bonds. The van der Waals surface area contributed by atoms with Crippen molar-refractivity contribution in [2.45, 2.75) is 25.3 Å². The quantitative estimate of drug-likeness (QED) is 0.477. The number of anilines is 1. The van der Waals surface area contributed by atoms with E-state index in [1.54, 1.807) is 4.67 Å². The lowest BCUT2D eigenvalue weighted by atomic mass is 10.00. The number of esters is 1. The van der Waals surface area contributed by atoms with E-state index < -0.39 is 0 Å². The third kappa shape index (κ3) is 5.05. The molecule has 128 valence electrons. The molecular weight excluding hydrogens is 319 g/mol. The van der Waals surface area contributed by atoms with Crippen molar-refractivity contribution in [3.8, 4) is 0 Å². The van der Waals surface area contributed by atoms with Crippen LogP contribution in [-0.4, -0.2) is 30.8 Å². The first-order valence-electron chi connectivity index (χ1n) is 7.98. The number of rotatable bonds is 7. The Morgan fingerprint density at radius 3 is 2.33 bits per heavy atom. The lowest BCUT2D eigenvalue weighted by Gasteiger charge is -2.21. The monoisotopic (exact) mass is 344 g/mol. The number of hydrogen-bond donors (Lipinski definition) is 1. The third-order valence-electron chi connectivity index (χ3n) is 4.16. The molecule has 0 bridgehead atoms. The second kappa shape index (κ2) is 8.81. The van der Waals surface area contributed by atoms with Gasteiger partial charge in [0.25, 0.3) is 0 Å². The summed E-state index contributed by atoms with van der Waals surface area (Å²) in [6, 6.07) is 16.1. The maximum atomic E-state index is 11.8. The molecule has 2 N–H and O–H groups in total. The van der Waals surface area contributed by atoms with Gasteiger partial charge in [-0.05, 0) is 49.1 Å². The Hall–Kier alpha value is -1.90. The molecule has 0 spiro atoms. The number of nitrogen functional groups attached to an aromatic ring is 1. The number of aryl methyl sites for hydroxylation is 2. The van der Waals surface area contributed by atoms with Crippen molar-refractivity contribution in [2.24, 2.45) is 0 Å². The molecule has 0 aliphatic heterocycles. The minimum atomic E-state index is -0.296. The number of carbonyl (C=O) groups is 1. The van der Waals surface area contributed by atoms with E-state index >= 15 is 0 Å². The van der Waals surface area contributed by atoms with Gasteiger partial charge in [0.2, 0.25) is 0 Å². The molecule has 2 aromatic carbocycles. The Kier molecular flexibility index (Phi) is 6.77. The zero-order chi connectivity index (χ0) is 17.5. The summed E-state index contributed by atoms with van der Waals surface area (Å²) in [5.74, 6) is -0.226. The average Bonchev–Trinajstić information content (AvgIpc) is 2.59. The topological polar surface area (TPSA) is 55.6 Å². The van der Waals surface area contributed by atoms with Crippen molar-refractivity contribution >= 4 is 21.0 Å². The number of carbonyl (C=O) groups excluding carboxylic acids is 1. The number of benzene rings is 2. The van der Waals surface area contributed by atoms with E-state index in [0.29, 0.717) is 6.42 Å². The molecule has 0 heterocycles. The van der Waals surface area contributed by atoms with E-state index in [9.17, 15) is 4.79 Å². The van der Waals surface area contributed by atoms with E-state index in [1.807, 2.05) is 25.2 Å². The van der Waals surface area contributed by atoms with Crippen molar-refractivity contribution in [2.75, 3.05) is 19.9 Å². The molecule has 2 atom stereocenters. The van der Waals surface area contributed by atoms with Crippen LogP contribution in [-0.2, 0) is 28.8 Å². The first kappa shape index (κ1) is 18.4. The summed E-state index contributed by atoms with van der Waals surface area (Å²) in [5.41, 5.74) is 10.4. The van der Waals surface area contributed by atoms with Gasteiger partial charge >= 0.3 is 5.97 Å². The number of hydrogen-bond acceptors (Lipinski definition) is 4. The number of methoxy groups -OCH3 is 1. The smallest absolute Gasteiger partial charge is 0.323 e. The van der Waals surface area contributed by atoms with Gasteiger partial charge in [-0.3, -0.25) is 9.46 Å². The van der Waals surface area contributed by atoms with Crippen LogP contribution in [0, 0.1) is 0 Å². The van der Waals surface area contributed by atoms with Crippen LogP contribution in [0.15, 0.2) is 48.5 Å². The summed E-state index contributed by atoms with van der Waals surface area (Å²) in [6.45, 7) is 0. The highest BCUT2D eigenvalue weighted by molar-refractivity contribution is 7.13. The molecule has 2 aromatic rings. The Balaban J connectivity index is 1.97. The van der Waals surface area contributed by atoms with Crippen molar-refractivity contribution in [1.29, 1.82) is 0 Å². The summed E-state index contributed by atoms with van der Waals surface area (Å²) in [6.07, 6.45) is 2.49. The summed E-state index contributed by atoms with van der Waals surface area (Å²) in [5, 5.41) is 0. The van der Waals surface area contributed by atoms with Crippen molar-refractivity contribution in [1.82, 2.24) is 4.67 Å². The van der Waals surface area contributed by atoms with E-state index in [2.05, 4.69) is 39.7 Å². The van der Waals surface area contributed by atoms with Gasteiger partial charge in [0.15, 0.2) is 0 Å². The highest BCUT2D eigenvalue weighted by Gasteiger charge is 2.21. The summed E-state index contributed by atoms with van der Waals surface area (Å²) in [4.78, 5) is 11.8. The molecule has 0 aliphatic rings.